The Kier molecular flexibility index (Phi) is 6.55. The third-order valence-electron chi connectivity index (χ3n) is 5.53. The van der Waals surface area contributed by atoms with Gasteiger partial charge >= 0.3 is 0 Å². The minimum absolute atomic E-state index is 0.0537. The van der Waals surface area contributed by atoms with Crippen LogP contribution in [0.15, 0.2) is 22.8 Å². The predicted molar refractivity (Wildman–Crippen MR) is 108 cm³/mol. The molecule has 0 radical (unpaired) electrons. The van der Waals surface area contributed by atoms with E-state index in [1.807, 2.05) is 0 Å². The first-order valence-corrected chi connectivity index (χ1v) is 10.0. The summed E-state index contributed by atoms with van der Waals surface area (Å²) in [6, 6.07) is 4.51. The van der Waals surface area contributed by atoms with Crippen LogP contribution in [0, 0.1) is 19.8 Å². The van der Waals surface area contributed by atoms with E-state index in [1.165, 1.54) is 5.56 Å². The molecule has 0 saturated carbocycles. The Balaban J connectivity index is 1.61. The van der Waals surface area contributed by atoms with Crippen LogP contribution in [0.1, 0.15) is 37.0 Å². The number of ether oxygens (including phenoxy) is 1. The van der Waals surface area contributed by atoms with Crippen LogP contribution in [-0.2, 0) is 16.0 Å². The maximum absolute atomic E-state index is 12.6. The van der Waals surface area contributed by atoms with Crippen LogP contribution in [0.4, 0.5) is 0 Å². The van der Waals surface area contributed by atoms with Gasteiger partial charge in [0, 0.05) is 36.6 Å². The summed E-state index contributed by atoms with van der Waals surface area (Å²) >= 11 is 0. The molecule has 1 aliphatic rings. The highest BCUT2D eigenvalue weighted by Gasteiger charge is 2.22. The van der Waals surface area contributed by atoms with Crippen LogP contribution in [0.25, 0.3) is 11.0 Å². The molecule has 1 aromatic heterocycles. The number of rotatable bonds is 7. The van der Waals surface area contributed by atoms with Crippen LogP contribution < -0.4 is 5.32 Å². The minimum atomic E-state index is 0.0537. The zero-order valence-electron chi connectivity index (χ0n) is 17.0. The maximum atomic E-state index is 12.6. The van der Waals surface area contributed by atoms with Gasteiger partial charge in [-0.3, -0.25) is 9.69 Å². The summed E-state index contributed by atoms with van der Waals surface area (Å²) in [5.74, 6) is 0.650. The quantitative estimate of drug-likeness (QED) is 0.809. The zero-order valence-corrected chi connectivity index (χ0v) is 17.0. The fourth-order valence-corrected chi connectivity index (χ4v) is 3.84. The maximum Gasteiger partial charge on any atom is 0.224 e. The van der Waals surface area contributed by atoms with Crippen molar-refractivity contribution in [3.05, 3.63) is 35.1 Å². The summed E-state index contributed by atoms with van der Waals surface area (Å²) in [5, 5.41) is 4.19. The molecule has 1 N–H and O–H groups in total. The van der Waals surface area contributed by atoms with Gasteiger partial charge in [-0.05, 0) is 37.3 Å². The van der Waals surface area contributed by atoms with Gasteiger partial charge in [0.1, 0.15) is 5.58 Å². The van der Waals surface area contributed by atoms with E-state index in [4.69, 9.17) is 9.15 Å². The number of furan rings is 1. The lowest BCUT2D eigenvalue weighted by Gasteiger charge is -2.35. The van der Waals surface area contributed by atoms with Crippen molar-refractivity contribution in [2.75, 3.05) is 32.8 Å². The topological polar surface area (TPSA) is 54.7 Å². The fraction of sp³-hybridized carbons (Fsp3) is 0.591. The Labute approximate surface area is 162 Å². The van der Waals surface area contributed by atoms with Gasteiger partial charge in [0.2, 0.25) is 5.91 Å². The highest BCUT2D eigenvalue weighted by atomic mass is 16.5. The number of nitrogens with zero attached hydrogens (tertiary/aromatic N) is 1. The van der Waals surface area contributed by atoms with Crippen LogP contribution in [0.2, 0.25) is 0 Å². The standard InChI is InChI=1S/C22H32N2O3/c1-15(2)11-19(24-7-9-26-10-8-24)13-23-21(25)12-18-14-27-22-17(4)16(3)5-6-20(18)22/h5-6,14-15,19H,7-13H2,1-4H3,(H,23,25)/t19-/m1/s1. The molecule has 0 bridgehead atoms. The van der Waals surface area contributed by atoms with Crippen LogP contribution in [0.3, 0.4) is 0 Å². The molecular weight excluding hydrogens is 340 g/mol. The molecule has 5 nitrogen and oxygen atoms in total. The normalized spacial score (nSPS) is 16.8. The molecule has 3 rings (SSSR count). The molecule has 148 valence electrons. The van der Waals surface area contributed by atoms with Crippen molar-refractivity contribution in [1.82, 2.24) is 10.2 Å². The summed E-state index contributed by atoms with van der Waals surface area (Å²) in [7, 11) is 0. The van der Waals surface area contributed by atoms with Gasteiger partial charge in [0.25, 0.3) is 0 Å². The summed E-state index contributed by atoms with van der Waals surface area (Å²) in [6.45, 7) is 12.7. The molecule has 0 unspecified atom stereocenters. The largest absolute Gasteiger partial charge is 0.464 e. The average Bonchev–Trinajstić information content (AvgIpc) is 3.05. The summed E-state index contributed by atoms with van der Waals surface area (Å²) in [5.41, 5.74) is 4.19. The van der Waals surface area contributed by atoms with E-state index in [0.29, 0.717) is 24.9 Å². The van der Waals surface area contributed by atoms with Gasteiger partial charge in [-0.1, -0.05) is 26.0 Å². The lowest BCUT2D eigenvalue weighted by molar-refractivity contribution is -0.120. The van der Waals surface area contributed by atoms with Crippen molar-refractivity contribution in [2.45, 2.75) is 46.6 Å². The molecule has 1 amide bonds. The van der Waals surface area contributed by atoms with Crippen LogP contribution >= 0.6 is 0 Å². The molecule has 5 heteroatoms. The number of aryl methyl sites for hydroxylation is 2. The Morgan fingerprint density at radius 2 is 1.96 bits per heavy atom. The lowest BCUT2D eigenvalue weighted by atomic mass is 10.0. The Morgan fingerprint density at radius 3 is 2.67 bits per heavy atom. The van der Waals surface area contributed by atoms with E-state index >= 15 is 0 Å². The van der Waals surface area contributed by atoms with Crippen molar-refractivity contribution in [3.8, 4) is 0 Å². The highest BCUT2D eigenvalue weighted by Crippen LogP contribution is 2.26. The number of nitrogens with one attached hydrogen (secondary N) is 1. The van der Waals surface area contributed by atoms with Gasteiger partial charge in [0.15, 0.2) is 0 Å². The molecule has 0 aliphatic carbocycles. The second-order valence-electron chi connectivity index (χ2n) is 8.06. The van der Waals surface area contributed by atoms with E-state index in [1.54, 1.807) is 6.26 Å². The number of carbonyl (C=O) groups excluding carboxylic acids is 1. The van der Waals surface area contributed by atoms with E-state index in [9.17, 15) is 4.79 Å². The molecule has 1 fully saturated rings. The van der Waals surface area contributed by atoms with E-state index in [2.05, 4.69) is 50.0 Å². The molecule has 1 aromatic carbocycles. The number of hydrogen-bond acceptors (Lipinski definition) is 4. The molecule has 1 aliphatic heterocycles. The zero-order chi connectivity index (χ0) is 19.4. The Morgan fingerprint density at radius 1 is 1.22 bits per heavy atom. The average molecular weight is 373 g/mol. The van der Waals surface area contributed by atoms with Crippen LogP contribution in [-0.4, -0.2) is 49.7 Å². The summed E-state index contributed by atoms with van der Waals surface area (Å²) < 4.78 is 11.2. The first kappa shape index (κ1) is 19.9. The number of hydrogen-bond donors (Lipinski definition) is 1. The van der Waals surface area contributed by atoms with E-state index < -0.39 is 0 Å². The van der Waals surface area contributed by atoms with Crippen molar-refractivity contribution >= 4 is 16.9 Å². The predicted octanol–water partition coefficient (Wildman–Crippen LogP) is 3.46. The van der Waals surface area contributed by atoms with Gasteiger partial charge in [0.05, 0.1) is 25.9 Å². The van der Waals surface area contributed by atoms with Gasteiger partial charge in [-0.25, -0.2) is 0 Å². The van der Waals surface area contributed by atoms with Gasteiger partial charge in [-0.2, -0.15) is 0 Å². The monoisotopic (exact) mass is 372 g/mol. The van der Waals surface area contributed by atoms with Crippen molar-refractivity contribution in [3.63, 3.8) is 0 Å². The number of amides is 1. The third-order valence-corrected chi connectivity index (χ3v) is 5.53. The van der Waals surface area contributed by atoms with Gasteiger partial charge in [-0.15, -0.1) is 0 Å². The number of fused-ring (bicyclic) bond motifs is 1. The lowest BCUT2D eigenvalue weighted by Crippen LogP contribution is -2.49. The molecule has 1 atom stereocenters. The molecular formula is C22H32N2O3. The third kappa shape index (κ3) is 4.90. The molecule has 1 saturated heterocycles. The summed E-state index contributed by atoms with van der Waals surface area (Å²) in [6.07, 6.45) is 3.16. The molecule has 2 aromatic rings. The smallest absolute Gasteiger partial charge is 0.224 e. The van der Waals surface area contributed by atoms with Crippen molar-refractivity contribution in [1.29, 1.82) is 0 Å². The van der Waals surface area contributed by atoms with Crippen molar-refractivity contribution < 1.29 is 13.9 Å². The van der Waals surface area contributed by atoms with Crippen LogP contribution in [0.5, 0.6) is 0 Å². The summed E-state index contributed by atoms with van der Waals surface area (Å²) in [4.78, 5) is 15.0. The first-order chi connectivity index (χ1) is 13.0. The minimum Gasteiger partial charge on any atom is -0.464 e. The number of morpholine rings is 1. The first-order valence-electron chi connectivity index (χ1n) is 10.0. The molecule has 2 heterocycles. The Hall–Kier alpha value is -1.85. The number of carbonyl (C=O) groups is 1. The SMILES string of the molecule is Cc1ccc2c(CC(=O)NC[C@@H](CC(C)C)N3CCOCC3)coc2c1C. The second-order valence-corrected chi connectivity index (χ2v) is 8.06. The van der Waals surface area contributed by atoms with Gasteiger partial charge < -0.3 is 14.5 Å². The molecule has 27 heavy (non-hydrogen) atoms. The molecule has 0 spiro atoms. The van der Waals surface area contributed by atoms with Crippen molar-refractivity contribution in [2.24, 2.45) is 5.92 Å². The Bertz CT molecular complexity index is 775. The van der Waals surface area contributed by atoms with E-state index in [0.717, 1.165) is 54.8 Å². The van der Waals surface area contributed by atoms with E-state index in [-0.39, 0.29) is 5.91 Å². The fourth-order valence-electron chi connectivity index (χ4n) is 3.84. The number of benzene rings is 1. The highest BCUT2D eigenvalue weighted by molar-refractivity contribution is 5.89. The second kappa shape index (κ2) is 8.89.